The van der Waals surface area contributed by atoms with Crippen LogP contribution in [0.3, 0.4) is 0 Å². The van der Waals surface area contributed by atoms with Crippen molar-refractivity contribution in [2.24, 2.45) is 5.92 Å². The molecule has 4 heteroatoms. The van der Waals surface area contributed by atoms with Crippen molar-refractivity contribution in [3.63, 3.8) is 0 Å². The molecule has 0 aliphatic carbocycles. The first kappa shape index (κ1) is 15.6. The number of aromatic hydroxyl groups is 1. The molecule has 0 bridgehead atoms. The fourth-order valence-electron chi connectivity index (χ4n) is 2.79. The van der Waals surface area contributed by atoms with Crippen molar-refractivity contribution in [3.8, 4) is 5.75 Å². The van der Waals surface area contributed by atoms with E-state index in [4.69, 9.17) is 4.74 Å². The van der Waals surface area contributed by atoms with E-state index in [-0.39, 0.29) is 11.7 Å². The Morgan fingerprint density at radius 2 is 2.10 bits per heavy atom. The molecule has 2 rings (SSSR count). The van der Waals surface area contributed by atoms with Gasteiger partial charge in [-0.25, -0.2) is 4.79 Å². The molecule has 0 saturated carbocycles. The highest BCUT2D eigenvalue weighted by atomic mass is 16.6. The molecule has 1 aromatic carbocycles. The lowest BCUT2D eigenvalue weighted by Crippen LogP contribution is -2.86. The molecule has 3 N–H and O–H groups in total. The van der Waals surface area contributed by atoms with E-state index in [1.165, 1.54) is 6.08 Å². The van der Waals surface area contributed by atoms with E-state index in [1.807, 2.05) is 19.9 Å². The maximum Gasteiger partial charge on any atom is 0.331 e. The summed E-state index contributed by atoms with van der Waals surface area (Å²) in [7, 11) is 0. The summed E-state index contributed by atoms with van der Waals surface area (Å²) in [5.74, 6) is 0.266. The van der Waals surface area contributed by atoms with Crippen molar-refractivity contribution in [2.75, 3.05) is 13.1 Å². The average Bonchev–Trinajstić information content (AvgIpc) is 2.46. The standard InChI is InChI=1S/C17H23NO3/c1-17(2,14-8-10-18-11-9-14)21-16(20)7-6-13-4-3-5-15(19)12-13/h3-7,12,14,18-19H,8-11H2,1-2H3/p+1/b7-6+. The van der Waals surface area contributed by atoms with Crippen LogP contribution in [-0.4, -0.2) is 29.8 Å². The lowest BCUT2D eigenvalue weighted by atomic mass is 9.83. The summed E-state index contributed by atoms with van der Waals surface area (Å²) < 4.78 is 5.63. The average molecular weight is 290 g/mol. The number of hydrogen-bond acceptors (Lipinski definition) is 3. The molecular formula is C17H24NO3+. The van der Waals surface area contributed by atoms with Crippen LogP contribution in [0.25, 0.3) is 6.08 Å². The highest BCUT2D eigenvalue weighted by molar-refractivity contribution is 5.87. The molecule has 1 aliphatic rings. The molecule has 4 nitrogen and oxygen atoms in total. The number of esters is 1. The molecule has 1 aromatic rings. The number of benzene rings is 1. The second-order valence-corrected chi connectivity index (χ2v) is 6.09. The SMILES string of the molecule is CC(C)(OC(=O)/C=C/c1cccc(O)c1)C1CC[NH2+]CC1. The van der Waals surface area contributed by atoms with E-state index >= 15 is 0 Å². The Morgan fingerprint density at radius 3 is 2.76 bits per heavy atom. The van der Waals surface area contributed by atoms with Gasteiger partial charge in [0.15, 0.2) is 0 Å². The van der Waals surface area contributed by atoms with Gasteiger partial charge in [0.05, 0.1) is 13.1 Å². The zero-order chi connectivity index (χ0) is 15.3. The van der Waals surface area contributed by atoms with E-state index in [1.54, 1.807) is 24.3 Å². The zero-order valence-electron chi connectivity index (χ0n) is 12.7. The van der Waals surface area contributed by atoms with Crippen molar-refractivity contribution < 1.29 is 20.0 Å². The van der Waals surface area contributed by atoms with Crippen molar-refractivity contribution >= 4 is 12.0 Å². The summed E-state index contributed by atoms with van der Waals surface area (Å²) in [6.07, 6.45) is 5.24. The number of hydrogen-bond donors (Lipinski definition) is 2. The highest BCUT2D eigenvalue weighted by Crippen LogP contribution is 2.28. The maximum atomic E-state index is 12.0. The van der Waals surface area contributed by atoms with Crippen LogP contribution in [0, 0.1) is 5.92 Å². The predicted octanol–water partition coefficient (Wildman–Crippen LogP) is 1.70. The van der Waals surface area contributed by atoms with Crippen LogP contribution in [0.2, 0.25) is 0 Å². The zero-order valence-corrected chi connectivity index (χ0v) is 12.7. The molecule has 0 spiro atoms. The third-order valence-electron chi connectivity index (χ3n) is 4.07. The van der Waals surface area contributed by atoms with Crippen LogP contribution in [0.4, 0.5) is 0 Å². The van der Waals surface area contributed by atoms with Gasteiger partial charge in [-0.2, -0.15) is 0 Å². The predicted molar refractivity (Wildman–Crippen MR) is 81.7 cm³/mol. The molecule has 0 amide bonds. The Bertz CT molecular complexity index is 517. The third kappa shape index (κ3) is 4.60. The highest BCUT2D eigenvalue weighted by Gasteiger charge is 2.34. The van der Waals surface area contributed by atoms with Gasteiger partial charge in [-0.3, -0.25) is 0 Å². The first-order valence-electron chi connectivity index (χ1n) is 7.49. The lowest BCUT2D eigenvalue weighted by Gasteiger charge is -2.35. The molecule has 114 valence electrons. The minimum atomic E-state index is -0.436. The monoisotopic (exact) mass is 290 g/mol. The molecule has 21 heavy (non-hydrogen) atoms. The molecule has 0 aromatic heterocycles. The molecule has 0 unspecified atom stereocenters. The molecule has 1 aliphatic heterocycles. The second kappa shape index (κ2) is 6.76. The summed E-state index contributed by atoms with van der Waals surface area (Å²) in [5.41, 5.74) is 0.339. The van der Waals surface area contributed by atoms with Crippen LogP contribution in [-0.2, 0) is 9.53 Å². The van der Waals surface area contributed by atoms with Gasteiger partial charge in [-0.05, 0) is 37.6 Å². The minimum absolute atomic E-state index is 0.185. The summed E-state index contributed by atoms with van der Waals surface area (Å²) in [5, 5.41) is 11.7. The smallest absolute Gasteiger partial charge is 0.331 e. The quantitative estimate of drug-likeness (QED) is 0.655. The Morgan fingerprint density at radius 1 is 1.38 bits per heavy atom. The number of ether oxygens (including phenoxy) is 1. The molecule has 0 atom stereocenters. The van der Waals surface area contributed by atoms with Gasteiger partial charge >= 0.3 is 5.97 Å². The fourth-order valence-corrected chi connectivity index (χ4v) is 2.79. The summed E-state index contributed by atoms with van der Waals surface area (Å²) in [6.45, 7) is 6.18. The number of rotatable bonds is 4. The van der Waals surface area contributed by atoms with E-state index in [9.17, 15) is 9.90 Å². The van der Waals surface area contributed by atoms with Gasteiger partial charge < -0.3 is 15.2 Å². The summed E-state index contributed by atoms with van der Waals surface area (Å²) >= 11 is 0. The number of carbonyl (C=O) groups is 1. The van der Waals surface area contributed by atoms with Gasteiger partial charge in [-0.1, -0.05) is 12.1 Å². The van der Waals surface area contributed by atoms with Crippen LogP contribution >= 0.6 is 0 Å². The van der Waals surface area contributed by atoms with Gasteiger partial charge in [0, 0.05) is 24.8 Å². The minimum Gasteiger partial charge on any atom is -0.508 e. The molecule has 1 heterocycles. The third-order valence-corrected chi connectivity index (χ3v) is 4.07. The lowest BCUT2D eigenvalue weighted by molar-refractivity contribution is -0.665. The summed E-state index contributed by atoms with van der Waals surface area (Å²) in [6, 6.07) is 6.76. The van der Waals surface area contributed by atoms with E-state index in [2.05, 4.69) is 5.32 Å². The van der Waals surface area contributed by atoms with Crippen molar-refractivity contribution in [2.45, 2.75) is 32.3 Å². The van der Waals surface area contributed by atoms with E-state index in [0.717, 1.165) is 31.5 Å². The van der Waals surface area contributed by atoms with Crippen LogP contribution in [0.5, 0.6) is 5.75 Å². The number of phenols is 1. The molecule has 1 fully saturated rings. The van der Waals surface area contributed by atoms with Crippen LogP contribution < -0.4 is 5.32 Å². The Hall–Kier alpha value is -1.81. The number of nitrogens with two attached hydrogens (primary N) is 1. The first-order valence-corrected chi connectivity index (χ1v) is 7.49. The van der Waals surface area contributed by atoms with Crippen molar-refractivity contribution in [3.05, 3.63) is 35.9 Å². The van der Waals surface area contributed by atoms with Gasteiger partial charge in [0.2, 0.25) is 0 Å². The topological polar surface area (TPSA) is 63.1 Å². The molecule has 1 saturated heterocycles. The Kier molecular flexibility index (Phi) is 5.02. The second-order valence-electron chi connectivity index (χ2n) is 6.09. The number of carbonyl (C=O) groups excluding carboxylic acids is 1. The van der Waals surface area contributed by atoms with Crippen molar-refractivity contribution in [1.29, 1.82) is 0 Å². The number of piperidine rings is 1. The van der Waals surface area contributed by atoms with Crippen LogP contribution in [0.15, 0.2) is 30.3 Å². The molecule has 0 radical (unpaired) electrons. The normalized spacial score (nSPS) is 17.0. The molecular weight excluding hydrogens is 266 g/mol. The fraction of sp³-hybridized carbons (Fsp3) is 0.471. The summed E-state index contributed by atoms with van der Waals surface area (Å²) in [4.78, 5) is 12.0. The van der Waals surface area contributed by atoms with Gasteiger partial charge in [0.25, 0.3) is 0 Å². The Balaban J connectivity index is 1.94. The van der Waals surface area contributed by atoms with E-state index < -0.39 is 5.60 Å². The van der Waals surface area contributed by atoms with Crippen LogP contribution in [0.1, 0.15) is 32.3 Å². The maximum absolute atomic E-state index is 12.0. The van der Waals surface area contributed by atoms with Gasteiger partial charge in [0.1, 0.15) is 11.4 Å². The Labute approximate surface area is 125 Å². The number of quaternary nitrogens is 1. The van der Waals surface area contributed by atoms with Gasteiger partial charge in [-0.15, -0.1) is 0 Å². The first-order chi connectivity index (χ1) is 9.97. The van der Waals surface area contributed by atoms with Crippen molar-refractivity contribution in [1.82, 2.24) is 0 Å². The largest absolute Gasteiger partial charge is 0.508 e. The van der Waals surface area contributed by atoms with E-state index in [0.29, 0.717) is 5.92 Å². The number of phenolic OH excluding ortho intramolecular Hbond substituents is 1.